The van der Waals surface area contributed by atoms with E-state index in [0.717, 1.165) is 24.9 Å². The molecule has 128 valence electrons. The molecular weight excluding hydrogens is 316 g/mol. The monoisotopic (exact) mass is 336 g/mol. The first-order chi connectivity index (χ1) is 12.2. The molecule has 0 radical (unpaired) electrons. The number of benzene rings is 2. The van der Waals surface area contributed by atoms with E-state index in [1.54, 1.807) is 23.1 Å². The van der Waals surface area contributed by atoms with Gasteiger partial charge in [0.25, 0.3) is 5.91 Å². The zero-order valence-electron chi connectivity index (χ0n) is 14.1. The van der Waals surface area contributed by atoms with Crippen molar-refractivity contribution < 1.29 is 14.3 Å². The molecule has 0 aliphatic carbocycles. The number of hydrogen-bond donors (Lipinski definition) is 1. The lowest BCUT2D eigenvalue weighted by Gasteiger charge is -2.23. The Bertz CT molecular complexity index is 933. The van der Waals surface area contributed by atoms with Crippen LogP contribution in [0.2, 0.25) is 0 Å². The fraction of sp³-hybridized carbons (Fsp3) is 0.300. The summed E-state index contributed by atoms with van der Waals surface area (Å²) in [5.74, 6) is -0.298. The molecule has 0 saturated heterocycles. The number of rotatable bonds is 5. The van der Waals surface area contributed by atoms with E-state index in [1.807, 2.05) is 24.3 Å². The minimum Gasteiger partial charge on any atom is -0.443 e. The summed E-state index contributed by atoms with van der Waals surface area (Å²) in [6, 6.07) is 12.7. The molecule has 1 aromatic heterocycles. The summed E-state index contributed by atoms with van der Waals surface area (Å²) in [5, 5.41) is 11.5. The number of carbonyl (C=O) groups is 1. The summed E-state index contributed by atoms with van der Waals surface area (Å²) in [4.78, 5) is 19.0. The number of amides is 1. The maximum Gasteiger partial charge on any atom is 0.268 e. The molecule has 1 aliphatic rings. The number of para-hydroxylation sites is 1. The molecule has 1 aliphatic heterocycles. The van der Waals surface area contributed by atoms with Crippen LogP contribution in [0.5, 0.6) is 0 Å². The van der Waals surface area contributed by atoms with Crippen molar-refractivity contribution in [2.24, 2.45) is 0 Å². The second-order valence-corrected chi connectivity index (χ2v) is 6.43. The van der Waals surface area contributed by atoms with E-state index in [9.17, 15) is 9.90 Å². The number of oxazole rings is 1. The number of carbonyl (C=O) groups excluding carboxylic acids is 1. The van der Waals surface area contributed by atoms with E-state index in [4.69, 9.17) is 4.42 Å². The lowest BCUT2D eigenvalue weighted by Crippen LogP contribution is -2.41. The number of aromatic nitrogens is 1. The number of anilines is 1. The maximum atomic E-state index is 13.2. The normalized spacial score (nSPS) is 19.6. The molecule has 1 amide bonds. The van der Waals surface area contributed by atoms with Crippen LogP contribution in [-0.4, -0.2) is 22.5 Å². The van der Waals surface area contributed by atoms with Crippen LogP contribution in [0, 0.1) is 0 Å². The van der Waals surface area contributed by atoms with Gasteiger partial charge in [0.1, 0.15) is 5.52 Å². The van der Waals surface area contributed by atoms with Crippen molar-refractivity contribution in [1.29, 1.82) is 0 Å². The fourth-order valence-corrected chi connectivity index (χ4v) is 3.54. The molecular formula is C20H20N2O3. The predicted molar refractivity (Wildman–Crippen MR) is 95.3 cm³/mol. The highest BCUT2D eigenvalue weighted by atomic mass is 16.3. The van der Waals surface area contributed by atoms with Crippen molar-refractivity contribution in [3.05, 3.63) is 60.0 Å². The van der Waals surface area contributed by atoms with Gasteiger partial charge in [-0.2, -0.15) is 0 Å². The maximum absolute atomic E-state index is 13.2. The number of aliphatic hydroxyl groups is 1. The molecule has 1 N–H and O–H groups in total. The molecule has 3 aromatic rings. The fourth-order valence-electron chi connectivity index (χ4n) is 3.54. The molecule has 1 unspecified atom stereocenters. The Balaban J connectivity index is 1.81. The summed E-state index contributed by atoms with van der Waals surface area (Å²) in [6.07, 6.45) is 4.40. The molecule has 5 nitrogen and oxygen atoms in total. The largest absolute Gasteiger partial charge is 0.443 e. The smallest absolute Gasteiger partial charge is 0.268 e. The van der Waals surface area contributed by atoms with Crippen LogP contribution in [0.25, 0.3) is 11.1 Å². The van der Waals surface area contributed by atoms with Crippen LogP contribution >= 0.6 is 0 Å². The van der Waals surface area contributed by atoms with E-state index < -0.39 is 5.60 Å². The topological polar surface area (TPSA) is 66.6 Å². The summed E-state index contributed by atoms with van der Waals surface area (Å²) in [6.45, 7) is 2.74. The van der Waals surface area contributed by atoms with Gasteiger partial charge in [-0.05, 0) is 24.6 Å². The van der Waals surface area contributed by atoms with Crippen molar-refractivity contribution in [3.8, 4) is 0 Å². The summed E-state index contributed by atoms with van der Waals surface area (Å²) < 4.78 is 5.26. The van der Waals surface area contributed by atoms with E-state index in [1.165, 1.54) is 6.39 Å². The third-order valence-electron chi connectivity index (χ3n) is 4.87. The van der Waals surface area contributed by atoms with Gasteiger partial charge in [0.2, 0.25) is 0 Å². The first-order valence-corrected chi connectivity index (χ1v) is 8.64. The average Bonchev–Trinajstić information content (AvgIpc) is 3.19. The highest BCUT2D eigenvalue weighted by Gasteiger charge is 2.50. The Morgan fingerprint density at radius 1 is 1.20 bits per heavy atom. The predicted octanol–water partition coefficient (Wildman–Crippen LogP) is 3.60. The quantitative estimate of drug-likeness (QED) is 0.723. The number of nitrogens with zero attached hydrogens (tertiary/aromatic N) is 2. The van der Waals surface area contributed by atoms with Gasteiger partial charge < -0.3 is 14.4 Å². The third kappa shape index (κ3) is 2.35. The van der Waals surface area contributed by atoms with Gasteiger partial charge in [0.15, 0.2) is 17.6 Å². The average molecular weight is 336 g/mol. The van der Waals surface area contributed by atoms with Crippen molar-refractivity contribution in [2.75, 3.05) is 11.4 Å². The second-order valence-electron chi connectivity index (χ2n) is 6.43. The second kappa shape index (κ2) is 6.01. The van der Waals surface area contributed by atoms with Gasteiger partial charge >= 0.3 is 0 Å². The molecule has 0 spiro atoms. The highest BCUT2D eigenvalue weighted by Crippen LogP contribution is 2.44. The van der Waals surface area contributed by atoms with Crippen LogP contribution in [0.1, 0.15) is 37.3 Å². The highest BCUT2D eigenvalue weighted by molar-refractivity contribution is 6.09. The van der Waals surface area contributed by atoms with Crippen molar-refractivity contribution in [1.82, 2.24) is 4.98 Å². The Kier molecular flexibility index (Phi) is 3.81. The summed E-state index contributed by atoms with van der Waals surface area (Å²) in [7, 11) is 0. The molecule has 2 aromatic carbocycles. The Morgan fingerprint density at radius 3 is 2.88 bits per heavy atom. The minimum absolute atomic E-state index is 0.298. The molecule has 2 heterocycles. The Morgan fingerprint density at radius 2 is 2.04 bits per heavy atom. The van der Waals surface area contributed by atoms with Crippen molar-refractivity contribution >= 4 is 22.7 Å². The van der Waals surface area contributed by atoms with E-state index >= 15 is 0 Å². The van der Waals surface area contributed by atoms with Crippen LogP contribution < -0.4 is 4.90 Å². The van der Waals surface area contributed by atoms with Crippen LogP contribution in [0.3, 0.4) is 0 Å². The molecule has 0 saturated carbocycles. The van der Waals surface area contributed by atoms with Gasteiger partial charge in [-0.1, -0.05) is 44.0 Å². The third-order valence-corrected chi connectivity index (χ3v) is 4.87. The Hall–Kier alpha value is -2.66. The zero-order chi connectivity index (χ0) is 17.4. The van der Waals surface area contributed by atoms with E-state index in [0.29, 0.717) is 28.8 Å². The number of unbranched alkanes of at least 4 members (excludes halogenated alkanes) is 2. The van der Waals surface area contributed by atoms with Gasteiger partial charge in [-0.3, -0.25) is 4.79 Å². The van der Waals surface area contributed by atoms with Crippen LogP contribution in [-0.2, 0) is 10.4 Å². The standard InChI is InChI=1S/C20H20N2O3/c1-2-3-6-11-22-17-8-5-4-7-15(17)20(24,19(22)23)14-9-10-18-16(12-14)21-13-25-18/h4-5,7-10,12-13,24H,2-3,6,11H2,1H3. The lowest BCUT2D eigenvalue weighted by atomic mass is 9.87. The van der Waals surface area contributed by atoms with Crippen molar-refractivity contribution in [2.45, 2.75) is 31.8 Å². The van der Waals surface area contributed by atoms with Gasteiger partial charge in [0, 0.05) is 17.7 Å². The van der Waals surface area contributed by atoms with Gasteiger partial charge in [-0.15, -0.1) is 0 Å². The zero-order valence-corrected chi connectivity index (χ0v) is 14.1. The number of hydrogen-bond acceptors (Lipinski definition) is 4. The SMILES string of the molecule is CCCCCN1C(=O)C(O)(c2ccc3ocnc3c2)c2ccccc21. The molecule has 1 atom stereocenters. The molecule has 4 rings (SSSR count). The molecule has 0 fully saturated rings. The van der Waals surface area contributed by atoms with Crippen LogP contribution in [0.15, 0.2) is 53.3 Å². The van der Waals surface area contributed by atoms with E-state index in [-0.39, 0.29) is 5.91 Å². The first-order valence-electron chi connectivity index (χ1n) is 8.64. The van der Waals surface area contributed by atoms with Gasteiger partial charge in [0.05, 0.1) is 5.69 Å². The molecule has 0 bridgehead atoms. The van der Waals surface area contributed by atoms with Crippen molar-refractivity contribution in [3.63, 3.8) is 0 Å². The first kappa shape index (κ1) is 15.8. The lowest BCUT2D eigenvalue weighted by molar-refractivity contribution is -0.132. The summed E-state index contributed by atoms with van der Waals surface area (Å²) in [5.41, 5.74) is 1.50. The molecule has 5 heteroatoms. The molecule has 25 heavy (non-hydrogen) atoms. The van der Waals surface area contributed by atoms with E-state index in [2.05, 4.69) is 11.9 Å². The minimum atomic E-state index is -1.68. The number of fused-ring (bicyclic) bond motifs is 2. The van der Waals surface area contributed by atoms with Gasteiger partial charge in [-0.25, -0.2) is 4.98 Å². The Labute approximate surface area is 145 Å². The summed E-state index contributed by atoms with van der Waals surface area (Å²) >= 11 is 0. The van der Waals surface area contributed by atoms with Crippen LogP contribution in [0.4, 0.5) is 5.69 Å².